The first-order valence-electron chi connectivity index (χ1n) is 11.4. The van der Waals surface area contributed by atoms with E-state index in [1.54, 1.807) is 23.1 Å². The van der Waals surface area contributed by atoms with E-state index in [2.05, 4.69) is 10.6 Å². The van der Waals surface area contributed by atoms with Gasteiger partial charge in [0.2, 0.25) is 0 Å². The van der Waals surface area contributed by atoms with Crippen LogP contribution in [0.3, 0.4) is 0 Å². The van der Waals surface area contributed by atoms with E-state index in [-0.39, 0.29) is 13.1 Å². The molecule has 204 valence electrons. The molecule has 2 heterocycles. The lowest BCUT2D eigenvalue weighted by atomic mass is 10.0. The normalized spacial score (nSPS) is 26.3. The number of terminal acetylenes is 1. The van der Waals surface area contributed by atoms with Crippen LogP contribution >= 0.6 is 11.8 Å². The zero-order chi connectivity index (χ0) is 27.4. The Morgan fingerprint density at radius 3 is 2.62 bits per heavy atom. The number of allylic oxidation sites excluding steroid dienone is 3. The minimum atomic E-state index is -4.63. The zero-order valence-electron chi connectivity index (χ0n) is 19.5. The number of thioether (sulfide) groups is 1. The number of piperidine rings is 1. The molecule has 1 aromatic rings. The van der Waals surface area contributed by atoms with Gasteiger partial charge in [0.1, 0.15) is 18.7 Å². The fraction of sp³-hybridized carbons (Fsp3) is 0.500. The molecule has 5 atom stereocenters. The molecule has 2 aliphatic rings. The molecule has 0 aliphatic carbocycles. The molecule has 0 saturated carbocycles. The fourth-order valence-electron chi connectivity index (χ4n) is 4.28. The van der Waals surface area contributed by atoms with Crippen molar-refractivity contribution >= 4 is 11.8 Å². The van der Waals surface area contributed by atoms with Gasteiger partial charge in [-0.2, -0.15) is 13.2 Å². The lowest BCUT2D eigenvalue weighted by Crippen LogP contribution is -2.56. The molecule has 1 saturated heterocycles. The van der Waals surface area contributed by atoms with Crippen LogP contribution in [0, 0.1) is 12.3 Å². The first kappa shape index (κ1) is 29.5. The summed E-state index contributed by atoms with van der Waals surface area (Å²) < 4.78 is 66.2. The van der Waals surface area contributed by atoms with Gasteiger partial charge in [0, 0.05) is 30.5 Å². The average molecular weight is 550 g/mol. The number of aliphatic hydroxyl groups excluding tert-OH is 4. The molecule has 2 aliphatic heterocycles. The Morgan fingerprint density at radius 2 is 1.97 bits per heavy atom. The van der Waals surface area contributed by atoms with E-state index in [9.17, 15) is 42.4 Å². The fourth-order valence-corrected chi connectivity index (χ4v) is 4.84. The number of nitrogens with one attached hydrogen (secondary N) is 2. The summed E-state index contributed by atoms with van der Waals surface area (Å²) >= 11 is -0.529. The Morgan fingerprint density at radius 1 is 1.24 bits per heavy atom. The van der Waals surface area contributed by atoms with Gasteiger partial charge in [-0.05, 0) is 41.3 Å². The van der Waals surface area contributed by atoms with Crippen LogP contribution in [0.25, 0.3) is 0 Å². The maximum Gasteiger partial charge on any atom is 0.446 e. The molecular weight excluding hydrogens is 521 g/mol. The second-order valence-corrected chi connectivity index (χ2v) is 9.90. The van der Waals surface area contributed by atoms with Gasteiger partial charge in [-0.3, -0.25) is 15.5 Å². The molecule has 37 heavy (non-hydrogen) atoms. The van der Waals surface area contributed by atoms with Crippen molar-refractivity contribution < 1.29 is 42.4 Å². The maximum atomic E-state index is 14.3. The Hall–Kier alpha value is -2.02. The minimum absolute atomic E-state index is 0.143. The molecule has 1 fully saturated rings. The molecule has 13 heteroatoms. The van der Waals surface area contributed by atoms with E-state index in [0.29, 0.717) is 24.0 Å². The number of fused-ring (bicyclic) bond motifs is 1. The molecule has 0 aromatic heterocycles. The van der Waals surface area contributed by atoms with Crippen molar-refractivity contribution in [3.05, 3.63) is 58.0 Å². The number of alkyl halides is 5. The molecule has 0 spiro atoms. The third-order valence-electron chi connectivity index (χ3n) is 6.07. The van der Waals surface area contributed by atoms with Crippen LogP contribution < -0.4 is 10.6 Å². The third-order valence-corrected chi connectivity index (χ3v) is 6.79. The number of hydrogen-bond donors (Lipinski definition) is 6. The zero-order valence-corrected chi connectivity index (χ0v) is 20.3. The van der Waals surface area contributed by atoms with Crippen LogP contribution in [-0.2, 0) is 13.1 Å². The number of nitrogens with zero attached hydrogens (tertiary/aromatic N) is 1. The smallest absolute Gasteiger partial charge is 0.379 e. The van der Waals surface area contributed by atoms with Gasteiger partial charge in [-0.25, -0.2) is 8.78 Å². The summed E-state index contributed by atoms with van der Waals surface area (Å²) in [4.78, 5) is 1.25. The SMILES string of the molecule is C#C/C=C(\C=C/CC(F)(F)[C@H](O)NCc1ccc2c(c1)CN(C1CC[C@H](O)N[C@@H]1O)[C@H]2O)SC(F)(F)F. The van der Waals surface area contributed by atoms with Crippen LogP contribution in [0.4, 0.5) is 22.0 Å². The number of benzene rings is 1. The second-order valence-electron chi connectivity index (χ2n) is 8.76. The summed E-state index contributed by atoms with van der Waals surface area (Å²) in [5.74, 6) is -1.76. The summed E-state index contributed by atoms with van der Waals surface area (Å²) in [6, 6.07) is 4.50. The first-order valence-corrected chi connectivity index (χ1v) is 12.2. The number of halogens is 5. The Labute approximate surface area is 215 Å². The van der Waals surface area contributed by atoms with Crippen LogP contribution in [0.1, 0.15) is 42.2 Å². The van der Waals surface area contributed by atoms with Crippen molar-refractivity contribution in [3.8, 4) is 12.3 Å². The molecule has 0 bridgehead atoms. The highest BCUT2D eigenvalue weighted by Crippen LogP contribution is 2.38. The molecule has 0 radical (unpaired) electrons. The van der Waals surface area contributed by atoms with E-state index in [0.717, 1.165) is 23.8 Å². The van der Waals surface area contributed by atoms with Gasteiger partial charge in [-0.15, -0.1) is 6.42 Å². The van der Waals surface area contributed by atoms with Crippen LogP contribution in [-0.4, -0.2) is 61.5 Å². The monoisotopic (exact) mass is 549 g/mol. The van der Waals surface area contributed by atoms with Gasteiger partial charge in [0.15, 0.2) is 6.23 Å². The van der Waals surface area contributed by atoms with Crippen molar-refractivity contribution in [2.75, 3.05) is 0 Å². The Bertz CT molecular complexity index is 1050. The highest BCUT2D eigenvalue weighted by atomic mass is 32.2. The summed E-state index contributed by atoms with van der Waals surface area (Å²) in [5.41, 5.74) is -2.75. The van der Waals surface area contributed by atoms with Crippen molar-refractivity contribution in [1.29, 1.82) is 0 Å². The number of hydrogen-bond acceptors (Lipinski definition) is 8. The van der Waals surface area contributed by atoms with Gasteiger partial charge in [-0.1, -0.05) is 36.3 Å². The lowest BCUT2D eigenvalue weighted by Gasteiger charge is -2.39. The van der Waals surface area contributed by atoms with Gasteiger partial charge in [0.05, 0.1) is 6.04 Å². The van der Waals surface area contributed by atoms with Crippen LogP contribution in [0.15, 0.2) is 41.3 Å². The summed E-state index contributed by atoms with van der Waals surface area (Å²) in [7, 11) is 0. The highest BCUT2D eigenvalue weighted by molar-refractivity contribution is 8.04. The molecular formula is C24H28F5N3O4S. The summed E-state index contributed by atoms with van der Waals surface area (Å²) in [5, 5.41) is 45.5. The van der Waals surface area contributed by atoms with E-state index in [4.69, 9.17) is 6.42 Å². The summed E-state index contributed by atoms with van der Waals surface area (Å²) in [6.07, 6.45) is 2.12. The number of aliphatic hydroxyl groups is 4. The predicted molar refractivity (Wildman–Crippen MR) is 127 cm³/mol. The highest BCUT2D eigenvalue weighted by Gasteiger charge is 2.40. The van der Waals surface area contributed by atoms with E-state index < -0.39 is 65.5 Å². The van der Waals surface area contributed by atoms with Gasteiger partial charge >= 0.3 is 5.51 Å². The number of rotatable bonds is 9. The topological polar surface area (TPSA) is 108 Å². The largest absolute Gasteiger partial charge is 0.446 e. The van der Waals surface area contributed by atoms with Crippen molar-refractivity contribution in [1.82, 2.24) is 15.5 Å². The van der Waals surface area contributed by atoms with Crippen LogP contribution in [0.2, 0.25) is 0 Å². The standard InChI is InChI=1S/C24H28F5N3O4S/c1-2-4-16(37-24(27,28)29)5-3-10-23(25,26)22(36)30-12-14-6-7-17-15(11-14)13-32(21(17)35)18-8-9-19(33)31-20(18)34/h1,3-7,11,18-22,30-31,33-36H,8-10,12-13H2/b5-3-,16-4+/t18?,19-,20+,21-,22-/m0/s1. The molecule has 7 nitrogen and oxygen atoms in total. The second kappa shape index (κ2) is 12.2. The minimum Gasteiger partial charge on any atom is -0.379 e. The predicted octanol–water partition coefficient (Wildman–Crippen LogP) is 2.64. The van der Waals surface area contributed by atoms with Gasteiger partial charge < -0.3 is 20.4 Å². The Kier molecular flexibility index (Phi) is 9.76. The van der Waals surface area contributed by atoms with Crippen molar-refractivity contribution in [2.45, 2.75) is 74.7 Å². The van der Waals surface area contributed by atoms with Gasteiger partial charge in [0.25, 0.3) is 5.92 Å². The molecule has 1 aromatic carbocycles. The van der Waals surface area contributed by atoms with E-state index in [1.165, 1.54) is 0 Å². The Balaban J connectivity index is 1.57. The quantitative estimate of drug-likeness (QED) is 0.121. The summed E-state index contributed by atoms with van der Waals surface area (Å²) in [6.45, 7) is 0.145. The first-order chi connectivity index (χ1) is 17.3. The lowest BCUT2D eigenvalue weighted by molar-refractivity contribution is -0.120. The molecule has 1 unspecified atom stereocenters. The molecule has 6 N–H and O–H groups in total. The average Bonchev–Trinajstić information content (AvgIpc) is 3.12. The molecule has 0 amide bonds. The van der Waals surface area contributed by atoms with Crippen molar-refractivity contribution in [2.24, 2.45) is 0 Å². The van der Waals surface area contributed by atoms with Crippen LogP contribution in [0.5, 0.6) is 0 Å². The van der Waals surface area contributed by atoms with E-state index >= 15 is 0 Å². The van der Waals surface area contributed by atoms with Crippen molar-refractivity contribution in [3.63, 3.8) is 0 Å². The molecule has 3 rings (SSSR count). The van der Waals surface area contributed by atoms with E-state index in [1.807, 2.05) is 5.92 Å². The third kappa shape index (κ3) is 7.98. The maximum absolute atomic E-state index is 14.3.